The van der Waals surface area contributed by atoms with E-state index in [1.165, 1.54) is 0 Å². The van der Waals surface area contributed by atoms with Crippen molar-refractivity contribution in [2.45, 2.75) is 77.5 Å². The molecule has 33 heavy (non-hydrogen) atoms. The molecule has 5 atom stereocenters. The summed E-state index contributed by atoms with van der Waals surface area (Å²) in [5.74, 6) is -5.92. The second-order valence-electron chi connectivity index (χ2n) is 8.41. The van der Waals surface area contributed by atoms with Crippen molar-refractivity contribution in [3.8, 4) is 0 Å². The van der Waals surface area contributed by atoms with Crippen molar-refractivity contribution in [1.29, 1.82) is 0 Å². The Labute approximate surface area is 192 Å². The number of nitrogens with two attached hydrogens (primary N) is 3. The first kappa shape index (κ1) is 29.8. The molecule has 0 saturated carbocycles. The maximum Gasteiger partial charge on any atom is 0.326 e. The van der Waals surface area contributed by atoms with Crippen LogP contribution in [0.1, 0.15) is 53.4 Å². The molecule has 0 aliphatic heterocycles. The average molecular weight is 473 g/mol. The summed E-state index contributed by atoms with van der Waals surface area (Å²) in [6, 6.07) is -5.14. The van der Waals surface area contributed by atoms with E-state index in [9.17, 15) is 33.9 Å². The Hall–Kier alpha value is -3.22. The molecule has 13 nitrogen and oxygen atoms in total. The number of amides is 5. The molecule has 0 fully saturated rings. The van der Waals surface area contributed by atoms with Gasteiger partial charge in [-0.05, 0) is 18.3 Å². The number of carboxylic acid groups (broad SMARTS) is 1. The predicted octanol–water partition coefficient (Wildman–Crippen LogP) is -2.30. The molecule has 0 bridgehead atoms. The van der Waals surface area contributed by atoms with Gasteiger partial charge < -0.3 is 38.3 Å². The number of hydrogen-bond donors (Lipinski definition) is 7. The van der Waals surface area contributed by atoms with Crippen LogP contribution < -0.4 is 33.2 Å². The van der Waals surface area contributed by atoms with Gasteiger partial charge in [-0.2, -0.15) is 0 Å². The Morgan fingerprint density at radius 3 is 1.73 bits per heavy atom. The van der Waals surface area contributed by atoms with Gasteiger partial charge in [0.05, 0.1) is 18.9 Å². The lowest BCUT2D eigenvalue weighted by Crippen LogP contribution is -2.59. The quantitative estimate of drug-likeness (QED) is 0.136. The molecule has 0 aromatic rings. The molecule has 0 rings (SSSR count). The van der Waals surface area contributed by atoms with Gasteiger partial charge in [-0.1, -0.05) is 34.1 Å². The normalized spacial score (nSPS) is 15.5. The molecule has 0 saturated heterocycles. The molecule has 0 radical (unpaired) electrons. The molecule has 5 amide bonds. The fourth-order valence-corrected chi connectivity index (χ4v) is 2.91. The molecule has 0 spiro atoms. The van der Waals surface area contributed by atoms with Gasteiger partial charge in [-0.3, -0.25) is 24.0 Å². The predicted molar refractivity (Wildman–Crippen MR) is 118 cm³/mol. The standard InChI is InChI=1S/C20H36N6O7/c1-5-10(4)16(19(31)25-13(20(32)33)6-9(2)3)26-18(30)12(8-15(23)28)24-17(29)11(21)7-14(22)27/h9-13,16H,5-8,21H2,1-4H3,(H2,22,27)(H2,23,28)(H,24,29)(H,25,31)(H,26,30)(H,32,33). The van der Waals surface area contributed by atoms with Gasteiger partial charge in [0.1, 0.15) is 18.1 Å². The first-order valence-corrected chi connectivity index (χ1v) is 10.7. The fourth-order valence-electron chi connectivity index (χ4n) is 2.91. The van der Waals surface area contributed by atoms with E-state index in [4.69, 9.17) is 17.2 Å². The van der Waals surface area contributed by atoms with Crippen molar-refractivity contribution in [1.82, 2.24) is 16.0 Å². The molecule has 13 heteroatoms. The molecule has 0 aliphatic rings. The van der Waals surface area contributed by atoms with Crippen molar-refractivity contribution in [2.75, 3.05) is 0 Å². The van der Waals surface area contributed by atoms with E-state index in [1.807, 2.05) is 0 Å². The molecule has 0 aromatic heterocycles. The van der Waals surface area contributed by atoms with Gasteiger partial charge in [0.25, 0.3) is 0 Å². The summed E-state index contributed by atoms with van der Waals surface area (Å²) in [7, 11) is 0. The summed E-state index contributed by atoms with van der Waals surface area (Å²) >= 11 is 0. The van der Waals surface area contributed by atoms with Crippen molar-refractivity contribution in [2.24, 2.45) is 29.0 Å². The first-order chi connectivity index (χ1) is 15.2. The van der Waals surface area contributed by atoms with Crippen LogP contribution in [0, 0.1) is 11.8 Å². The Balaban J connectivity index is 5.59. The lowest BCUT2D eigenvalue weighted by atomic mass is 9.96. The molecule has 10 N–H and O–H groups in total. The van der Waals surface area contributed by atoms with E-state index in [2.05, 4.69) is 16.0 Å². The van der Waals surface area contributed by atoms with Crippen molar-refractivity contribution >= 4 is 35.5 Å². The maximum atomic E-state index is 12.8. The molecule has 0 aromatic carbocycles. The second-order valence-corrected chi connectivity index (χ2v) is 8.41. The van der Waals surface area contributed by atoms with Crippen LogP contribution in [-0.2, 0) is 28.8 Å². The summed E-state index contributed by atoms with van der Waals surface area (Å²) in [6.07, 6.45) is -0.446. The summed E-state index contributed by atoms with van der Waals surface area (Å²) in [4.78, 5) is 71.7. The fraction of sp³-hybridized carbons (Fsp3) is 0.700. The van der Waals surface area contributed by atoms with Gasteiger partial charge in [0, 0.05) is 0 Å². The highest BCUT2D eigenvalue weighted by Crippen LogP contribution is 2.11. The zero-order chi connectivity index (χ0) is 25.9. The number of carboxylic acids is 1. The van der Waals surface area contributed by atoms with Crippen LogP contribution in [0.3, 0.4) is 0 Å². The highest BCUT2D eigenvalue weighted by atomic mass is 16.4. The highest BCUT2D eigenvalue weighted by molar-refractivity contribution is 5.97. The van der Waals surface area contributed by atoms with E-state index >= 15 is 0 Å². The zero-order valence-electron chi connectivity index (χ0n) is 19.4. The largest absolute Gasteiger partial charge is 0.480 e. The molecule has 5 unspecified atom stereocenters. The number of primary amides is 2. The minimum Gasteiger partial charge on any atom is -0.480 e. The average Bonchev–Trinajstić information content (AvgIpc) is 2.68. The summed E-state index contributed by atoms with van der Waals surface area (Å²) in [5, 5.41) is 16.5. The molecule has 0 heterocycles. The van der Waals surface area contributed by atoms with Crippen LogP contribution >= 0.6 is 0 Å². The molecular weight excluding hydrogens is 436 g/mol. The van der Waals surface area contributed by atoms with Crippen LogP contribution in [0.25, 0.3) is 0 Å². The van der Waals surface area contributed by atoms with E-state index in [-0.39, 0.29) is 12.3 Å². The van der Waals surface area contributed by atoms with Crippen LogP contribution in [0.5, 0.6) is 0 Å². The van der Waals surface area contributed by atoms with Crippen LogP contribution in [0.2, 0.25) is 0 Å². The number of rotatable bonds is 15. The van der Waals surface area contributed by atoms with Gasteiger partial charge in [-0.15, -0.1) is 0 Å². The smallest absolute Gasteiger partial charge is 0.326 e. The third-order valence-electron chi connectivity index (χ3n) is 4.91. The highest BCUT2D eigenvalue weighted by Gasteiger charge is 2.33. The number of aliphatic carboxylic acids is 1. The van der Waals surface area contributed by atoms with Crippen molar-refractivity contribution in [3.05, 3.63) is 0 Å². The van der Waals surface area contributed by atoms with Crippen LogP contribution in [0.4, 0.5) is 0 Å². The second kappa shape index (κ2) is 14.0. The van der Waals surface area contributed by atoms with Crippen LogP contribution in [0.15, 0.2) is 0 Å². The zero-order valence-corrected chi connectivity index (χ0v) is 19.4. The van der Waals surface area contributed by atoms with Gasteiger partial charge in [0.2, 0.25) is 29.5 Å². The van der Waals surface area contributed by atoms with Gasteiger partial charge in [0.15, 0.2) is 0 Å². The molecule has 0 aliphatic carbocycles. The van der Waals surface area contributed by atoms with Gasteiger partial charge in [-0.25, -0.2) is 4.79 Å². The van der Waals surface area contributed by atoms with E-state index in [0.717, 1.165) is 0 Å². The molecule has 188 valence electrons. The third-order valence-corrected chi connectivity index (χ3v) is 4.91. The number of hydrogen-bond acceptors (Lipinski definition) is 7. The number of carbonyl (C=O) groups excluding carboxylic acids is 5. The molecular formula is C20H36N6O7. The first-order valence-electron chi connectivity index (χ1n) is 10.7. The summed E-state index contributed by atoms with van der Waals surface area (Å²) in [6.45, 7) is 7.05. The SMILES string of the molecule is CCC(C)C(NC(=O)C(CC(N)=O)NC(=O)C(N)CC(N)=O)C(=O)NC(CC(C)C)C(=O)O. The minimum absolute atomic E-state index is 0.0113. The lowest BCUT2D eigenvalue weighted by Gasteiger charge is -2.28. The third kappa shape index (κ3) is 11.3. The summed E-state index contributed by atoms with van der Waals surface area (Å²) in [5.41, 5.74) is 15.7. The Morgan fingerprint density at radius 1 is 0.788 bits per heavy atom. The van der Waals surface area contributed by atoms with Crippen molar-refractivity contribution in [3.63, 3.8) is 0 Å². The Morgan fingerprint density at radius 2 is 1.30 bits per heavy atom. The van der Waals surface area contributed by atoms with Crippen LogP contribution in [-0.4, -0.2) is 64.8 Å². The Bertz CT molecular complexity index is 742. The summed E-state index contributed by atoms with van der Waals surface area (Å²) < 4.78 is 0. The Kier molecular flexibility index (Phi) is 12.7. The van der Waals surface area contributed by atoms with Crippen molar-refractivity contribution < 1.29 is 33.9 Å². The number of nitrogens with one attached hydrogen (secondary N) is 3. The lowest BCUT2D eigenvalue weighted by molar-refractivity contribution is -0.143. The minimum atomic E-state index is -1.47. The number of carbonyl (C=O) groups is 6. The van der Waals surface area contributed by atoms with E-state index < -0.39 is 78.4 Å². The maximum absolute atomic E-state index is 12.8. The van der Waals surface area contributed by atoms with E-state index in [1.54, 1.807) is 27.7 Å². The van der Waals surface area contributed by atoms with Gasteiger partial charge >= 0.3 is 5.97 Å². The van der Waals surface area contributed by atoms with E-state index in [0.29, 0.717) is 6.42 Å². The monoisotopic (exact) mass is 472 g/mol. The topological polar surface area (TPSA) is 237 Å².